The Bertz CT molecular complexity index is 1020. The largest absolute Gasteiger partial charge is 0.459 e. The summed E-state index contributed by atoms with van der Waals surface area (Å²) < 4.78 is 7.22. The van der Waals surface area contributed by atoms with Gasteiger partial charge in [0.15, 0.2) is 5.16 Å². The van der Waals surface area contributed by atoms with Crippen LogP contribution in [0.1, 0.15) is 77.4 Å². The van der Waals surface area contributed by atoms with Crippen LogP contribution in [0.15, 0.2) is 5.16 Å². The lowest BCUT2D eigenvalue weighted by Gasteiger charge is -2.20. The SMILES string of the molecule is Cc1c(C(N)=O)sc(NC(=O)CSc2nnc(CC3CCCCC3)n2C)c1C(=O)OC(C)C. The van der Waals surface area contributed by atoms with Gasteiger partial charge in [0.05, 0.1) is 22.3 Å². The topological polar surface area (TPSA) is 129 Å². The van der Waals surface area contributed by atoms with Crippen LogP contribution in [0.25, 0.3) is 0 Å². The molecule has 0 spiro atoms. The van der Waals surface area contributed by atoms with Gasteiger partial charge in [-0.1, -0.05) is 43.9 Å². The number of rotatable bonds is 9. The summed E-state index contributed by atoms with van der Waals surface area (Å²) >= 11 is 2.25. The highest BCUT2D eigenvalue weighted by atomic mass is 32.2. The summed E-state index contributed by atoms with van der Waals surface area (Å²) in [7, 11) is 1.92. The van der Waals surface area contributed by atoms with E-state index in [0.29, 0.717) is 16.6 Å². The fraction of sp³-hybridized carbons (Fsp3) is 0.591. The van der Waals surface area contributed by atoms with E-state index in [4.69, 9.17) is 10.5 Å². The van der Waals surface area contributed by atoms with Crippen molar-refractivity contribution >= 4 is 45.9 Å². The summed E-state index contributed by atoms with van der Waals surface area (Å²) in [5.41, 5.74) is 6.00. The lowest BCUT2D eigenvalue weighted by molar-refractivity contribution is -0.113. The van der Waals surface area contributed by atoms with Crippen molar-refractivity contribution in [3.63, 3.8) is 0 Å². The zero-order valence-corrected chi connectivity index (χ0v) is 21.1. The Labute approximate surface area is 201 Å². The predicted molar refractivity (Wildman–Crippen MR) is 129 cm³/mol. The molecule has 0 aromatic carbocycles. The number of aromatic nitrogens is 3. The molecule has 2 heterocycles. The van der Waals surface area contributed by atoms with Crippen LogP contribution in [0.2, 0.25) is 0 Å². The smallest absolute Gasteiger partial charge is 0.341 e. The molecular weight excluding hydrogens is 462 g/mol. The normalized spacial score (nSPS) is 14.5. The average molecular weight is 494 g/mol. The minimum Gasteiger partial charge on any atom is -0.459 e. The molecule has 0 aliphatic heterocycles. The van der Waals surface area contributed by atoms with Crippen LogP contribution in [0.5, 0.6) is 0 Å². The third-order valence-electron chi connectivity index (χ3n) is 5.62. The molecule has 2 aromatic heterocycles. The number of thiophene rings is 1. The van der Waals surface area contributed by atoms with Crippen LogP contribution in [-0.4, -0.2) is 44.4 Å². The summed E-state index contributed by atoms with van der Waals surface area (Å²) in [5, 5.41) is 12.2. The van der Waals surface area contributed by atoms with E-state index >= 15 is 0 Å². The fourth-order valence-electron chi connectivity index (χ4n) is 3.95. The first-order valence-electron chi connectivity index (χ1n) is 11.1. The number of primary amides is 1. The van der Waals surface area contributed by atoms with Gasteiger partial charge in [-0.2, -0.15) is 0 Å². The maximum atomic E-state index is 12.7. The number of hydrogen-bond acceptors (Lipinski definition) is 8. The second-order valence-corrected chi connectivity index (χ2v) is 10.5. The van der Waals surface area contributed by atoms with Gasteiger partial charge in [0, 0.05) is 13.5 Å². The molecule has 2 amide bonds. The van der Waals surface area contributed by atoms with Crippen molar-refractivity contribution in [1.29, 1.82) is 0 Å². The van der Waals surface area contributed by atoms with E-state index in [9.17, 15) is 14.4 Å². The molecule has 33 heavy (non-hydrogen) atoms. The summed E-state index contributed by atoms with van der Waals surface area (Å²) in [5.74, 6) is 0.0756. The zero-order chi connectivity index (χ0) is 24.1. The summed E-state index contributed by atoms with van der Waals surface area (Å²) in [6, 6.07) is 0. The molecule has 0 atom stereocenters. The number of thioether (sulfide) groups is 1. The van der Waals surface area contributed by atoms with Crippen LogP contribution in [-0.2, 0) is 23.0 Å². The summed E-state index contributed by atoms with van der Waals surface area (Å²) in [4.78, 5) is 37.2. The van der Waals surface area contributed by atoms with Crippen molar-refractivity contribution in [2.24, 2.45) is 18.7 Å². The zero-order valence-electron chi connectivity index (χ0n) is 19.5. The molecule has 0 bridgehead atoms. The van der Waals surface area contributed by atoms with Crippen molar-refractivity contribution in [3.05, 3.63) is 21.8 Å². The molecule has 9 nitrogen and oxygen atoms in total. The van der Waals surface area contributed by atoms with E-state index in [-0.39, 0.29) is 33.2 Å². The molecule has 3 N–H and O–H groups in total. The lowest BCUT2D eigenvalue weighted by Crippen LogP contribution is -2.18. The molecular formula is C22H31N5O4S2. The number of ether oxygens (including phenoxy) is 1. The van der Waals surface area contributed by atoms with Gasteiger partial charge in [-0.15, -0.1) is 21.5 Å². The molecule has 0 saturated heterocycles. The van der Waals surface area contributed by atoms with Gasteiger partial charge in [-0.05, 0) is 32.3 Å². The molecule has 0 radical (unpaired) electrons. The number of nitrogens with zero attached hydrogens (tertiary/aromatic N) is 3. The standard InChI is InChI=1S/C22H31N5O4S2/c1-12(2)31-21(30)17-13(3)18(19(23)29)33-20(17)24-16(28)11-32-22-26-25-15(27(22)4)10-14-8-6-5-7-9-14/h12,14H,5-11H2,1-4H3,(H2,23,29)(H,24,28). The highest BCUT2D eigenvalue weighted by Gasteiger charge is 2.26. The first kappa shape index (κ1) is 25.2. The second kappa shape index (κ2) is 11.1. The van der Waals surface area contributed by atoms with Crippen molar-refractivity contribution in [2.45, 2.75) is 70.6 Å². The summed E-state index contributed by atoms with van der Waals surface area (Å²) in [6.45, 7) is 5.07. The van der Waals surface area contributed by atoms with E-state index < -0.39 is 11.9 Å². The van der Waals surface area contributed by atoms with E-state index in [1.54, 1.807) is 20.8 Å². The maximum Gasteiger partial charge on any atom is 0.341 e. The molecule has 1 aliphatic rings. The monoisotopic (exact) mass is 493 g/mol. The van der Waals surface area contributed by atoms with E-state index in [1.807, 2.05) is 11.6 Å². The number of nitrogens with one attached hydrogen (secondary N) is 1. The van der Waals surface area contributed by atoms with Crippen LogP contribution in [0.3, 0.4) is 0 Å². The number of carbonyl (C=O) groups is 3. The Morgan fingerprint density at radius 2 is 1.94 bits per heavy atom. The first-order chi connectivity index (χ1) is 15.7. The van der Waals surface area contributed by atoms with Crippen molar-refractivity contribution in [1.82, 2.24) is 14.8 Å². The van der Waals surface area contributed by atoms with Crippen molar-refractivity contribution < 1.29 is 19.1 Å². The molecule has 180 valence electrons. The van der Waals surface area contributed by atoms with Crippen LogP contribution in [0.4, 0.5) is 5.00 Å². The van der Waals surface area contributed by atoms with E-state index in [2.05, 4.69) is 15.5 Å². The number of amides is 2. The van der Waals surface area contributed by atoms with E-state index in [0.717, 1.165) is 23.6 Å². The Hall–Kier alpha value is -2.40. The third kappa shape index (κ3) is 6.35. The molecule has 1 saturated carbocycles. The molecule has 11 heteroatoms. The number of nitrogens with two attached hydrogens (primary N) is 1. The predicted octanol–water partition coefficient (Wildman–Crippen LogP) is 3.70. The number of carbonyl (C=O) groups excluding carboxylic acids is 3. The van der Waals surface area contributed by atoms with Gasteiger partial charge < -0.3 is 20.4 Å². The van der Waals surface area contributed by atoms with Gasteiger partial charge in [-0.3, -0.25) is 9.59 Å². The van der Waals surface area contributed by atoms with Gasteiger partial charge in [-0.25, -0.2) is 4.79 Å². The van der Waals surface area contributed by atoms with Crippen LogP contribution >= 0.6 is 23.1 Å². The fourth-order valence-corrected chi connectivity index (χ4v) is 5.74. The van der Waals surface area contributed by atoms with Crippen LogP contribution < -0.4 is 11.1 Å². The molecule has 3 rings (SSSR count). The second-order valence-electron chi connectivity index (χ2n) is 8.58. The first-order valence-corrected chi connectivity index (χ1v) is 12.9. The number of hydrogen-bond donors (Lipinski definition) is 2. The number of anilines is 1. The van der Waals surface area contributed by atoms with Gasteiger partial charge in [0.2, 0.25) is 5.91 Å². The Balaban J connectivity index is 1.66. The lowest BCUT2D eigenvalue weighted by atomic mass is 9.87. The molecule has 2 aromatic rings. The van der Waals surface area contributed by atoms with Crippen molar-refractivity contribution in [3.8, 4) is 0 Å². The average Bonchev–Trinajstić information content (AvgIpc) is 3.26. The molecule has 1 fully saturated rings. The van der Waals surface area contributed by atoms with Crippen LogP contribution in [0, 0.1) is 12.8 Å². The number of esters is 1. The Kier molecular flexibility index (Phi) is 8.52. The maximum absolute atomic E-state index is 12.7. The minimum atomic E-state index is -0.657. The van der Waals surface area contributed by atoms with Crippen molar-refractivity contribution in [2.75, 3.05) is 11.1 Å². The highest BCUT2D eigenvalue weighted by Crippen LogP contribution is 2.34. The minimum absolute atomic E-state index is 0.0803. The Morgan fingerprint density at radius 3 is 2.58 bits per heavy atom. The quantitative estimate of drug-likeness (QED) is 0.402. The van der Waals surface area contributed by atoms with Gasteiger partial charge in [0.1, 0.15) is 10.8 Å². The summed E-state index contributed by atoms with van der Waals surface area (Å²) in [6.07, 6.45) is 6.88. The van der Waals surface area contributed by atoms with Gasteiger partial charge >= 0.3 is 5.97 Å². The third-order valence-corrected chi connectivity index (χ3v) is 7.87. The highest BCUT2D eigenvalue weighted by molar-refractivity contribution is 7.99. The van der Waals surface area contributed by atoms with Gasteiger partial charge in [0.25, 0.3) is 5.91 Å². The van der Waals surface area contributed by atoms with E-state index in [1.165, 1.54) is 43.9 Å². The Morgan fingerprint density at radius 1 is 1.24 bits per heavy atom. The molecule has 0 unspecified atom stereocenters. The molecule has 1 aliphatic carbocycles.